The second-order valence-electron chi connectivity index (χ2n) is 2.35. The Morgan fingerprint density at radius 2 is 2.44 bits per heavy atom. The van der Waals surface area contributed by atoms with Crippen LogP contribution in [0.25, 0.3) is 0 Å². The predicted molar refractivity (Wildman–Crippen MR) is 36.5 cm³/mol. The maximum Gasteiger partial charge on any atom is 0.219 e. The monoisotopic (exact) mass is 147 g/mol. The number of halogens is 1. The minimum atomic E-state index is 0.137. The number of carbonyl (C=O) groups excluding carboxylic acids is 1. The number of carbonyl (C=O) groups is 1. The van der Waals surface area contributed by atoms with Gasteiger partial charge in [0.1, 0.15) is 0 Å². The van der Waals surface area contributed by atoms with Gasteiger partial charge >= 0.3 is 0 Å². The topological polar surface area (TPSA) is 20.3 Å². The molecule has 9 heavy (non-hydrogen) atoms. The number of likely N-dealkylation sites (tertiary alicyclic amines) is 1. The molecule has 1 aliphatic heterocycles. The second-order valence-corrected chi connectivity index (χ2v) is 2.97. The predicted octanol–water partition coefficient (Wildman–Crippen LogP) is 0.846. The van der Waals surface area contributed by atoms with Crippen LogP contribution in [0.2, 0.25) is 0 Å². The fourth-order valence-corrected chi connectivity index (χ4v) is 1.27. The van der Waals surface area contributed by atoms with Crippen LogP contribution in [0, 0.1) is 0 Å². The zero-order chi connectivity index (χ0) is 6.85. The van der Waals surface area contributed by atoms with Gasteiger partial charge in [-0.15, -0.1) is 11.6 Å². The molecule has 3 heteroatoms. The number of nitrogens with zero attached hydrogens (tertiary/aromatic N) is 1. The molecule has 1 aliphatic rings. The summed E-state index contributed by atoms with van der Waals surface area (Å²) in [5, 5.41) is 0.189. The van der Waals surface area contributed by atoms with Gasteiger partial charge < -0.3 is 4.90 Å². The smallest absolute Gasteiger partial charge is 0.219 e. The minimum Gasteiger partial charge on any atom is -0.341 e. The lowest BCUT2D eigenvalue weighted by Crippen LogP contribution is -2.25. The van der Waals surface area contributed by atoms with Crippen molar-refractivity contribution in [1.82, 2.24) is 4.90 Å². The number of hydrogen-bond acceptors (Lipinski definition) is 1. The highest BCUT2D eigenvalue weighted by atomic mass is 35.5. The van der Waals surface area contributed by atoms with Crippen LogP contribution in [0.1, 0.15) is 13.3 Å². The van der Waals surface area contributed by atoms with Crippen molar-refractivity contribution in [3.63, 3.8) is 0 Å². The fourth-order valence-electron chi connectivity index (χ4n) is 1.00. The lowest BCUT2D eigenvalue weighted by Gasteiger charge is -2.10. The molecule has 1 rings (SSSR count). The maximum atomic E-state index is 10.7. The molecule has 0 saturated carbocycles. The number of amides is 1. The van der Waals surface area contributed by atoms with Gasteiger partial charge in [-0.1, -0.05) is 0 Å². The molecule has 52 valence electrons. The Kier molecular flexibility index (Phi) is 1.96. The van der Waals surface area contributed by atoms with Crippen LogP contribution in [-0.4, -0.2) is 29.3 Å². The highest BCUT2D eigenvalue weighted by Crippen LogP contribution is 2.13. The van der Waals surface area contributed by atoms with Crippen molar-refractivity contribution in [2.24, 2.45) is 0 Å². The summed E-state index contributed by atoms with van der Waals surface area (Å²) in [6.07, 6.45) is 0.946. The first-order valence-corrected chi connectivity index (χ1v) is 3.53. The molecule has 0 radical (unpaired) electrons. The van der Waals surface area contributed by atoms with Crippen LogP contribution in [0.3, 0.4) is 0 Å². The lowest BCUT2D eigenvalue weighted by molar-refractivity contribution is -0.127. The summed E-state index contributed by atoms with van der Waals surface area (Å²) in [5.74, 6) is 0.137. The van der Waals surface area contributed by atoms with Gasteiger partial charge in [0.25, 0.3) is 0 Å². The van der Waals surface area contributed by atoms with Crippen molar-refractivity contribution >= 4 is 17.5 Å². The Labute approximate surface area is 59.8 Å². The molecule has 0 unspecified atom stereocenters. The summed E-state index contributed by atoms with van der Waals surface area (Å²) >= 11 is 5.76. The van der Waals surface area contributed by atoms with Crippen molar-refractivity contribution in [3.8, 4) is 0 Å². The van der Waals surface area contributed by atoms with E-state index in [0.29, 0.717) is 0 Å². The zero-order valence-electron chi connectivity index (χ0n) is 5.43. The molecule has 2 nitrogen and oxygen atoms in total. The van der Waals surface area contributed by atoms with Gasteiger partial charge in [-0.3, -0.25) is 4.79 Å². The van der Waals surface area contributed by atoms with Crippen molar-refractivity contribution in [2.45, 2.75) is 18.7 Å². The summed E-state index contributed by atoms with van der Waals surface area (Å²) in [4.78, 5) is 12.4. The Balaban J connectivity index is 2.39. The van der Waals surface area contributed by atoms with Crippen molar-refractivity contribution in [3.05, 3.63) is 0 Å². The maximum absolute atomic E-state index is 10.7. The standard InChI is InChI=1S/C6H10ClNO/c1-5(9)8-3-2-6(7)4-8/h6H,2-4H2,1H3/t6-/m0/s1. The van der Waals surface area contributed by atoms with Gasteiger partial charge in [0.15, 0.2) is 0 Å². The highest BCUT2D eigenvalue weighted by Gasteiger charge is 2.21. The van der Waals surface area contributed by atoms with Crippen LogP contribution < -0.4 is 0 Å². The summed E-state index contributed by atoms with van der Waals surface area (Å²) in [6, 6.07) is 0. The number of alkyl halides is 1. The van der Waals surface area contributed by atoms with E-state index in [1.54, 1.807) is 11.8 Å². The number of rotatable bonds is 0. The second kappa shape index (κ2) is 2.56. The van der Waals surface area contributed by atoms with Crippen LogP contribution in [0.4, 0.5) is 0 Å². The largest absolute Gasteiger partial charge is 0.341 e. The minimum absolute atomic E-state index is 0.137. The first-order chi connectivity index (χ1) is 4.20. The van der Waals surface area contributed by atoms with Crippen molar-refractivity contribution in [2.75, 3.05) is 13.1 Å². The first kappa shape index (κ1) is 6.87. The van der Waals surface area contributed by atoms with Crippen LogP contribution in [-0.2, 0) is 4.79 Å². The lowest BCUT2D eigenvalue weighted by atomic mass is 10.4. The molecule has 0 aromatic heterocycles. The molecule has 1 amide bonds. The summed E-state index contributed by atoms with van der Waals surface area (Å²) < 4.78 is 0. The van der Waals surface area contributed by atoms with Crippen LogP contribution in [0.5, 0.6) is 0 Å². The molecule has 0 spiro atoms. The Morgan fingerprint density at radius 3 is 2.67 bits per heavy atom. The summed E-state index contributed by atoms with van der Waals surface area (Å²) in [7, 11) is 0. The van der Waals surface area contributed by atoms with Crippen LogP contribution >= 0.6 is 11.6 Å². The molecule has 1 saturated heterocycles. The molecule has 0 aromatic carbocycles. The third-order valence-corrected chi connectivity index (χ3v) is 1.93. The first-order valence-electron chi connectivity index (χ1n) is 3.09. The molecule has 1 atom stereocenters. The molecule has 1 fully saturated rings. The van der Waals surface area contributed by atoms with E-state index in [2.05, 4.69) is 0 Å². The van der Waals surface area contributed by atoms with Gasteiger partial charge in [0, 0.05) is 20.0 Å². The van der Waals surface area contributed by atoms with Crippen LogP contribution in [0.15, 0.2) is 0 Å². The molecule has 0 N–H and O–H groups in total. The Bertz CT molecular complexity index is 126. The van der Waals surface area contributed by atoms with E-state index in [1.165, 1.54) is 0 Å². The molecule has 0 bridgehead atoms. The van der Waals surface area contributed by atoms with E-state index >= 15 is 0 Å². The average molecular weight is 148 g/mol. The Morgan fingerprint density at radius 1 is 1.78 bits per heavy atom. The van der Waals surface area contributed by atoms with E-state index in [4.69, 9.17) is 11.6 Å². The van der Waals surface area contributed by atoms with Crippen molar-refractivity contribution < 1.29 is 4.79 Å². The van der Waals surface area contributed by atoms with E-state index in [0.717, 1.165) is 19.5 Å². The summed E-state index contributed by atoms with van der Waals surface area (Å²) in [6.45, 7) is 3.15. The van der Waals surface area contributed by atoms with E-state index in [9.17, 15) is 4.79 Å². The molecule has 0 aliphatic carbocycles. The summed E-state index contributed by atoms with van der Waals surface area (Å²) in [5.41, 5.74) is 0. The molecular formula is C6H10ClNO. The average Bonchev–Trinajstić information content (AvgIpc) is 2.14. The third-order valence-electron chi connectivity index (χ3n) is 1.58. The fraction of sp³-hybridized carbons (Fsp3) is 0.833. The number of hydrogen-bond donors (Lipinski definition) is 0. The van der Waals surface area contributed by atoms with Crippen molar-refractivity contribution in [1.29, 1.82) is 0 Å². The zero-order valence-corrected chi connectivity index (χ0v) is 6.19. The van der Waals surface area contributed by atoms with E-state index < -0.39 is 0 Å². The quantitative estimate of drug-likeness (QED) is 0.465. The van der Waals surface area contributed by atoms with E-state index in [1.807, 2.05) is 0 Å². The Hall–Kier alpha value is -0.240. The van der Waals surface area contributed by atoms with Gasteiger partial charge in [-0.2, -0.15) is 0 Å². The molecule has 1 heterocycles. The third kappa shape index (κ3) is 1.58. The normalized spacial score (nSPS) is 26.9. The van der Waals surface area contributed by atoms with Gasteiger partial charge in [0.05, 0.1) is 5.38 Å². The van der Waals surface area contributed by atoms with Gasteiger partial charge in [-0.25, -0.2) is 0 Å². The highest BCUT2D eigenvalue weighted by molar-refractivity contribution is 6.21. The van der Waals surface area contributed by atoms with E-state index in [-0.39, 0.29) is 11.3 Å². The van der Waals surface area contributed by atoms with Gasteiger partial charge in [-0.05, 0) is 6.42 Å². The van der Waals surface area contributed by atoms with Gasteiger partial charge in [0.2, 0.25) is 5.91 Å². The molecular weight excluding hydrogens is 138 g/mol. The SMILES string of the molecule is CC(=O)N1CC[C@H](Cl)C1. The molecule has 0 aromatic rings.